The first-order valence-corrected chi connectivity index (χ1v) is 8.86. The lowest BCUT2D eigenvalue weighted by atomic mass is 10.0. The van der Waals surface area contributed by atoms with Crippen LogP contribution in [0, 0.1) is 0 Å². The molecule has 0 saturated carbocycles. The topological polar surface area (TPSA) is 98.1 Å². The van der Waals surface area contributed by atoms with Crippen molar-refractivity contribution < 1.29 is 14.3 Å². The van der Waals surface area contributed by atoms with Crippen LogP contribution in [-0.2, 0) is 16.0 Å². The summed E-state index contributed by atoms with van der Waals surface area (Å²) in [4.78, 5) is 28.6. The molecule has 0 radical (unpaired) electrons. The second kappa shape index (κ2) is 7.51. The molecule has 0 unspecified atom stereocenters. The minimum absolute atomic E-state index is 0.134. The predicted molar refractivity (Wildman–Crippen MR) is 103 cm³/mol. The average molecular weight is 377 g/mol. The molecule has 0 spiro atoms. The number of methoxy groups -OCH3 is 1. The highest BCUT2D eigenvalue weighted by molar-refractivity contribution is 5.93. The van der Waals surface area contributed by atoms with Gasteiger partial charge in [-0.25, -0.2) is 4.68 Å². The molecule has 4 rings (SSSR count). The molecule has 8 heteroatoms. The third-order valence-corrected chi connectivity index (χ3v) is 4.52. The van der Waals surface area contributed by atoms with E-state index in [-0.39, 0.29) is 36.6 Å². The van der Waals surface area contributed by atoms with Crippen molar-refractivity contribution in [2.75, 3.05) is 17.7 Å². The Labute approximate surface area is 161 Å². The number of nitrogens with one attached hydrogen (secondary N) is 2. The van der Waals surface area contributed by atoms with Crippen molar-refractivity contribution in [2.45, 2.75) is 18.9 Å². The molecule has 2 aromatic carbocycles. The Morgan fingerprint density at radius 3 is 2.68 bits per heavy atom. The van der Waals surface area contributed by atoms with Gasteiger partial charge in [-0.05, 0) is 23.3 Å². The van der Waals surface area contributed by atoms with Crippen molar-refractivity contribution in [1.29, 1.82) is 0 Å². The number of hydrogen-bond donors (Lipinski definition) is 2. The van der Waals surface area contributed by atoms with Crippen LogP contribution < -0.4 is 15.4 Å². The van der Waals surface area contributed by atoms with Crippen molar-refractivity contribution in [1.82, 2.24) is 14.8 Å². The van der Waals surface area contributed by atoms with E-state index in [1.807, 2.05) is 42.5 Å². The number of anilines is 2. The van der Waals surface area contributed by atoms with E-state index in [1.54, 1.807) is 23.9 Å². The van der Waals surface area contributed by atoms with Gasteiger partial charge in [0.15, 0.2) is 0 Å². The van der Waals surface area contributed by atoms with E-state index in [0.717, 1.165) is 16.9 Å². The van der Waals surface area contributed by atoms with Crippen molar-refractivity contribution >= 4 is 23.7 Å². The van der Waals surface area contributed by atoms with Crippen LogP contribution in [0.3, 0.4) is 0 Å². The fraction of sp³-hybridized carbons (Fsp3) is 0.200. The zero-order valence-electron chi connectivity index (χ0n) is 15.3. The zero-order chi connectivity index (χ0) is 19.5. The summed E-state index contributed by atoms with van der Waals surface area (Å²) in [6, 6.07) is 16.6. The molecule has 1 aliphatic rings. The fourth-order valence-electron chi connectivity index (χ4n) is 3.15. The number of hydrogen-bond acceptors (Lipinski definition) is 5. The maximum atomic E-state index is 12.3. The molecule has 0 fully saturated rings. The van der Waals surface area contributed by atoms with E-state index in [2.05, 4.69) is 20.7 Å². The smallest absolute Gasteiger partial charge is 0.250 e. The molecule has 2 amide bonds. The molecule has 1 aromatic heterocycles. The highest BCUT2D eigenvalue weighted by Crippen LogP contribution is 2.29. The second-order valence-corrected chi connectivity index (χ2v) is 6.46. The summed E-state index contributed by atoms with van der Waals surface area (Å²) in [5.41, 5.74) is 1.80. The minimum atomic E-state index is -0.260. The molecule has 2 N–H and O–H groups in total. The summed E-state index contributed by atoms with van der Waals surface area (Å²) in [5, 5.41) is 9.79. The first-order chi connectivity index (χ1) is 13.6. The lowest BCUT2D eigenvalue weighted by molar-refractivity contribution is -0.117. The molecule has 8 nitrogen and oxygen atoms in total. The van der Waals surface area contributed by atoms with Gasteiger partial charge in [0.2, 0.25) is 17.8 Å². The van der Waals surface area contributed by atoms with E-state index >= 15 is 0 Å². The molecule has 0 saturated heterocycles. The van der Waals surface area contributed by atoms with Crippen molar-refractivity contribution in [2.24, 2.45) is 0 Å². The van der Waals surface area contributed by atoms with Crippen LogP contribution in [-0.4, -0.2) is 33.7 Å². The van der Waals surface area contributed by atoms with Gasteiger partial charge >= 0.3 is 0 Å². The van der Waals surface area contributed by atoms with Gasteiger partial charge in [-0.15, -0.1) is 5.10 Å². The Kier molecular flexibility index (Phi) is 4.76. The summed E-state index contributed by atoms with van der Waals surface area (Å²) in [6.07, 6.45) is 0.446. The number of nitrogens with zero attached hydrogens (tertiary/aromatic N) is 3. The van der Waals surface area contributed by atoms with Gasteiger partial charge in [0.25, 0.3) is 5.95 Å². The molecule has 3 aromatic rings. The second-order valence-electron chi connectivity index (χ2n) is 6.46. The molecule has 1 atom stereocenters. The monoisotopic (exact) mass is 377 g/mol. The first-order valence-electron chi connectivity index (χ1n) is 8.86. The Morgan fingerprint density at radius 2 is 1.96 bits per heavy atom. The number of carbonyl (C=O) groups is 2. The predicted octanol–water partition coefficient (Wildman–Crippen LogP) is 2.40. The molecular weight excluding hydrogens is 358 g/mol. The Bertz CT molecular complexity index is 998. The summed E-state index contributed by atoms with van der Waals surface area (Å²) < 4.78 is 6.75. The third-order valence-electron chi connectivity index (χ3n) is 4.52. The van der Waals surface area contributed by atoms with E-state index in [0.29, 0.717) is 5.95 Å². The standard InChI is InChI=1S/C20H19N5O3/c1-28-15-9-7-13(8-10-15)11-17(26)21-19-23-20-22-18(27)12-16(25(20)24-19)14-5-3-2-4-6-14/h2-10,16H,11-12H2,1H3,(H2,21,22,23,24,26,27)/t16-/m0/s1. The largest absolute Gasteiger partial charge is 0.497 e. The number of benzene rings is 2. The van der Waals surface area contributed by atoms with Gasteiger partial charge in [-0.2, -0.15) is 4.98 Å². The fourth-order valence-corrected chi connectivity index (χ4v) is 3.15. The van der Waals surface area contributed by atoms with Crippen LogP contribution in [0.15, 0.2) is 54.6 Å². The van der Waals surface area contributed by atoms with Gasteiger partial charge in [0, 0.05) is 0 Å². The third kappa shape index (κ3) is 3.71. The van der Waals surface area contributed by atoms with Gasteiger partial charge in [0.05, 0.1) is 26.0 Å². The Morgan fingerprint density at radius 1 is 1.21 bits per heavy atom. The van der Waals surface area contributed by atoms with E-state index in [9.17, 15) is 9.59 Å². The molecular formula is C20H19N5O3. The van der Waals surface area contributed by atoms with Gasteiger partial charge in [-0.1, -0.05) is 42.5 Å². The minimum Gasteiger partial charge on any atom is -0.497 e. The Balaban J connectivity index is 1.50. The number of rotatable bonds is 5. The number of carbonyl (C=O) groups excluding carboxylic acids is 2. The van der Waals surface area contributed by atoms with Crippen LogP contribution in [0.1, 0.15) is 23.6 Å². The number of fused-ring (bicyclic) bond motifs is 1. The number of aromatic nitrogens is 3. The maximum Gasteiger partial charge on any atom is 0.250 e. The SMILES string of the molecule is COc1ccc(CC(=O)Nc2nc3n(n2)[C@H](c2ccccc2)CC(=O)N3)cc1. The summed E-state index contributed by atoms with van der Waals surface area (Å²) in [7, 11) is 1.59. The molecule has 0 aliphatic carbocycles. The molecule has 2 heterocycles. The van der Waals surface area contributed by atoms with Gasteiger partial charge < -0.3 is 4.74 Å². The first kappa shape index (κ1) is 17.7. The number of ether oxygens (including phenoxy) is 1. The molecule has 1 aliphatic heterocycles. The Hall–Kier alpha value is -3.68. The van der Waals surface area contributed by atoms with Gasteiger partial charge in [-0.3, -0.25) is 20.2 Å². The number of amides is 2. The van der Waals surface area contributed by atoms with Crippen molar-refractivity contribution in [3.63, 3.8) is 0 Å². The molecule has 0 bridgehead atoms. The van der Waals surface area contributed by atoms with Crippen LogP contribution in [0.25, 0.3) is 0 Å². The van der Waals surface area contributed by atoms with Crippen LogP contribution in [0.2, 0.25) is 0 Å². The van der Waals surface area contributed by atoms with Crippen LogP contribution in [0.4, 0.5) is 11.9 Å². The summed E-state index contributed by atoms with van der Waals surface area (Å²) in [5.74, 6) is 0.845. The van der Waals surface area contributed by atoms with E-state index < -0.39 is 0 Å². The zero-order valence-corrected chi connectivity index (χ0v) is 15.3. The molecule has 28 heavy (non-hydrogen) atoms. The quantitative estimate of drug-likeness (QED) is 0.711. The summed E-state index contributed by atoms with van der Waals surface area (Å²) in [6.45, 7) is 0. The summed E-state index contributed by atoms with van der Waals surface area (Å²) >= 11 is 0. The lowest BCUT2D eigenvalue weighted by Crippen LogP contribution is -2.29. The van der Waals surface area contributed by atoms with Crippen LogP contribution in [0.5, 0.6) is 5.75 Å². The highest BCUT2D eigenvalue weighted by Gasteiger charge is 2.29. The van der Waals surface area contributed by atoms with E-state index in [1.165, 1.54) is 0 Å². The normalized spacial score (nSPS) is 15.5. The molecule has 142 valence electrons. The van der Waals surface area contributed by atoms with Gasteiger partial charge in [0.1, 0.15) is 5.75 Å². The maximum absolute atomic E-state index is 12.3. The highest BCUT2D eigenvalue weighted by atomic mass is 16.5. The van der Waals surface area contributed by atoms with Crippen molar-refractivity contribution in [3.8, 4) is 5.75 Å². The average Bonchev–Trinajstić information content (AvgIpc) is 3.10. The lowest BCUT2D eigenvalue weighted by Gasteiger charge is -2.23. The van der Waals surface area contributed by atoms with Crippen molar-refractivity contribution in [3.05, 3.63) is 65.7 Å². The van der Waals surface area contributed by atoms with E-state index in [4.69, 9.17) is 4.74 Å². The van der Waals surface area contributed by atoms with Crippen LogP contribution >= 0.6 is 0 Å².